The van der Waals surface area contributed by atoms with Gasteiger partial charge >= 0.3 is 0 Å². The summed E-state index contributed by atoms with van der Waals surface area (Å²) >= 11 is 5.14. The summed E-state index contributed by atoms with van der Waals surface area (Å²) in [6, 6.07) is 5.00. The Morgan fingerprint density at radius 2 is 2.27 bits per heavy atom. The summed E-state index contributed by atoms with van der Waals surface area (Å²) in [6.45, 7) is 2.07. The summed E-state index contributed by atoms with van der Waals surface area (Å²) in [7, 11) is 0. The third-order valence-corrected chi connectivity index (χ3v) is 4.07. The van der Waals surface area contributed by atoms with Crippen molar-refractivity contribution in [3.05, 3.63) is 34.1 Å². The van der Waals surface area contributed by atoms with Crippen LogP contribution in [-0.4, -0.2) is 11.8 Å². The molecule has 1 unspecified atom stereocenters. The van der Waals surface area contributed by atoms with E-state index in [1.165, 1.54) is 6.07 Å². The van der Waals surface area contributed by atoms with Crippen LogP contribution in [0.3, 0.4) is 0 Å². The number of hydrogen-bond donors (Lipinski definition) is 1. The van der Waals surface area contributed by atoms with Crippen LogP contribution in [0.1, 0.15) is 18.9 Å². The number of rotatable bonds is 5. The van der Waals surface area contributed by atoms with E-state index in [-0.39, 0.29) is 11.9 Å². The molecule has 0 saturated carbocycles. The van der Waals surface area contributed by atoms with Crippen LogP contribution in [0.5, 0.6) is 0 Å². The van der Waals surface area contributed by atoms with E-state index in [0.717, 1.165) is 28.0 Å². The van der Waals surface area contributed by atoms with E-state index in [1.54, 1.807) is 23.9 Å². The molecule has 2 N–H and O–H groups in total. The van der Waals surface area contributed by atoms with Crippen LogP contribution in [0.4, 0.5) is 4.39 Å². The molecule has 84 valence electrons. The molecule has 0 aliphatic carbocycles. The molecule has 0 aromatic heterocycles. The molecule has 0 saturated heterocycles. The van der Waals surface area contributed by atoms with E-state index in [1.807, 2.05) is 0 Å². The maximum atomic E-state index is 12.9. The maximum absolute atomic E-state index is 12.9. The molecule has 0 aliphatic rings. The number of thioether (sulfide) groups is 1. The van der Waals surface area contributed by atoms with E-state index >= 15 is 0 Å². The summed E-state index contributed by atoms with van der Waals surface area (Å²) in [6.07, 6.45) is 0.983. The minimum Gasteiger partial charge on any atom is -0.327 e. The van der Waals surface area contributed by atoms with Gasteiger partial charge in [0.05, 0.1) is 0 Å². The molecule has 1 aromatic rings. The van der Waals surface area contributed by atoms with E-state index in [2.05, 4.69) is 22.9 Å². The predicted octanol–water partition coefficient (Wildman–Crippen LogP) is 3.56. The van der Waals surface area contributed by atoms with Gasteiger partial charge in [0, 0.05) is 22.0 Å². The Hall–Kier alpha value is -0.0600. The number of nitrogens with two attached hydrogens (primary N) is 1. The van der Waals surface area contributed by atoms with Crippen molar-refractivity contribution in [1.29, 1.82) is 0 Å². The molecule has 0 bridgehead atoms. The Labute approximate surface area is 103 Å². The zero-order valence-electron chi connectivity index (χ0n) is 8.67. The van der Waals surface area contributed by atoms with Crippen molar-refractivity contribution in [3.63, 3.8) is 0 Å². The summed E-state index contributed by atoms with van der Waals surface area (Å²) in [5.41, 5.74) is 6.79. The zero-order chi connectivity index (χ0) is 11.3. The molecule has 1 aromatic carbocycles. The molecular formula is C11H15BrFNS. The van der Waals surface area contributed by atoms with Crippen molar-refractivity contribution in [2.75, 3.05) is 5.75 Å². The third-order valence-electron chi connectivity index (χ3n) is 2.12. The first kappa shape index (κ1) is 13.0. The van der Waals surface area contributed by atoms with Crippen LogP contribution < -0.4 is 5.73 Å². The maximum Gasteiger partial charge on any atom is 0.123 e. The highest BCUT2D eigenvalue weighted by molar-refractivity contribution is 9.10. The molecule has 15 heavy (non-hydrogen) atoms. The average Bonchev–Trinajstić information content (AvgIpc) is 2.23. The van der Waals surface area contributed by atoms with Crippen molar-refractivity contribution >= 4 is 27.7 Å². The highest BCUT2D eigenvalue weighted by Crippen LogP contribution is 2.23. The monoisotopic (exact) mass is 291 g/mol. The number of hydrogen-bond acceptors (Lipinski definition) is 2. The van der Waals surface area contributed by atoms with Crippen LogP contribution in [-0.2, 0) is 5.75 Å². The first-order valence-corrected chi connectivity index (χ1v) is 6.85. The van der Waals surface area contributed by atoms with Gasteiger partial charge < -0.3 is 5.73 Å². The average molecular weight is 292 g/mol. The fourth-order valence-electron chi connectivity index (χ4n) is 1.09. The molecule has 1 atom stereocenters. The molecule has 0 amide bonds. The number of benzene rings is 1. The largest absolute Gasteiger partial charge is 0.327 e. The van der Waals surface area contributed by atoms with Gasteiger partial charge in [-0.25, -0.2) is 4.39 Å². The molecule has 4 heteroatoms. The number of halogens is 2. The third kappa shape index (κ3) is 4.53. The smallest absolute Gasteiger partial charge is 0.123 e. The van der Waals surface area contributed by atoms with Crippen LogP contribution in [0, 0.1) is 5.82 Å². The van der Waals surface area contributed by atoms with Crippen LogP contribution >= 0.6 is 27.7 Å². The Balaban J connectivity index is 2.46. The van der Waals surface area contributed by atoms with Crippen molar-refractivity contribution < 1.29 is 4.39 Å². The van der Waals surface area contributed by atoms with E-state index < -0.39 is 0 Å². The summed E-state index contributed by atoms with van der Waals surface area (Å²) < 4.78 is 13.9. The summed E-state index contributed by atoms with van der Waals surface area (Å²) in [4.78, 5) is 0. The Kier molecular flexibility index (Phi) is 5.64. The van der Waals surface area contributed by atoms with E-state index in [4.69, 9.17) is 5.73 Å². The van der Waals surface area contributed by atoms with Crippen LogP contribution in [0.2, 0.25) is 0 Å². The van der Waals surface area contributed by atoms with Crippen molar-refractivity contribution in [1.82, 2.24) is 0 Å². The molecule has 0 radical (unpaired) electrons. The van der Waals surface area contributed by atoms with Gasteiger partial charge in [0.2, 0.25) is 0 Å². The fraction of sp³-hybridized carbons (Fsp3) is 0.455. The van der Waals surface area contributed by atoms with Gasteiger partial charge in [0.1, 0.15) is 5.82 Å². The minimum absolute atomic E-state index is 0.186. The molecule has 1 rings (SSSR count). The van der Waals surface area contributed by atoms with Crippen molar-refractivity contribution in [2.45, 2.75) is 25.1 Å². The summed E-state index contributed by atoms with van der Waals surface area (Å²) in [5.74, 6) is 1.53. The van der Waals surface area contributed by atoms with Crippen LogP contribution in [0.25, 0.3) is 0 Å². The van der Waals surface area contributed by atoms with E-state index in [9.17, 15) is 4.39 Å². The second-order valence-electron chi connectivity index (χ2n) is 3.42. The van der Waals surface area contributed by atoms with Crippen molar-refractivity contribution in [2.24, 2.45) is 5.73 Å². The highest BCUT2D eigenvalue weighted by Gasteiger charge is 2.04. The Bertz CT molecular complexity index is 319. The lowest BCUT2D eigenvalue weighted by molar-refractivity contribution is 0.626. The molecule has 0 fully saturated rings. The molecule has 0 aliphatic heterocycles. The SMILES string of the molecule is CCC(N)CSCc1cc(F)ccc1Br. The molecule has 0 spiro atoms. The minimum atomic E-state index is -0.186. The highest BCUT2D eigenvalue weighted by atomic mass is 79.9. The Morgan fingerprint density at radius 3 is 2.93 bits per heavy atom. The van der Waals surface area contributed by atoms with Crippen molar-refractivity contribution in [3.8, 4) is 0 Å². The molecular weight excluding hydrogens is 277 g/mol. The molecule has 1 nitrogen and oxygen atoms in total. The lowest BCUT2D eigenvalue weighted by Crippen LogP contribution is -2.21. The lowest BCUT2D eigenvalue weighted by Gasteiger charge is -2.09. The topological polar surface area (TPSA) is 26.0 Å². The van der Waals surface area contributed by atoms with Gasteiger partial charge in [-0.2, -0.15) is 11.8 Å². The quantitative estimate of drug-likeness (QED) is 0.898. The second kappa shape index (κ2) is 6.51. The fourth-order valence-corrected chi connectivity index (χ4v) is 2.78. The van der Waals surface area contributed by atoms with Gasteiger partial charge in [-0.1, -0.05) is 22.9 Å². The normalized spacial score (nSPS) is 12.8. The van der Waals surface area contributed by atoms with Gasteiger partial charge in [0.25, 0.3) is 0 Å². The van der Waals surface area contributed by atoms with E-state index in [0.29, 0.717) is 0 Å². The standard InChI is InChI=1S/C11H15BrFNS/c1-2-10(14)7-15-6-8-5-9(13)3-4-11(8)12/h3-5,10H,2,6-7,14H2,1H3. The predicted molar refractivity (Wildman–Crippen MR) is 68.5 cm³/mol. The van der Waals surface area contributed by atoms with Gasteiger partial charge in [0.15, 0.2) is 0 Å². The van der Waals surface area contributed by atoms with Crippen LogP contribution in [0.15, 0.2) is 22.7 Å². The lowest BCUT2D eigenvalue weighted by atomic mass is 10.2. The second-order valence-corrected chi connectivity index (χ2v) is 5.30. The molecule has 0 heterocycles. The Morgan fingerprint density at radius 1 is 1.53 bits per heavy atom. The zero-order valence-corrected chi connectivity index (χ0v) is 11.1. The summed E-state index contributed by atoms with van der Waals surface area (Å²) in [5, 5.41) is 0. The van der Waals surface area contributed by atoms with Gasteiger partial charge in [-0.3, -0.25) is 0 Å². The van der Waals surface area contributed by atoms with Gasteiger partial charge in [-0.05, 0) is 30.2 Å². The van der Waals surface area contributed by atoms with Gasteiger partial charge in [-0.15, -0.1) is 0 Å². The first-order valence-electron chi connectivity index (χ1n) is 4.90. The first-order chi connectivity index (χ1) is 7.13.